The van der Waals surface area contributed by atoms with Crippen molar-refractivity contribution in [3.8, 4) is 5.88 Å². The molecule has 3 heterocycles. The SMILES string of the molecule is COC(=O)C(=O)c1ncc2nc(OC)c(C(=O)N3CCC(F)(Cc4ccc(F)cc4)CC3)cn12. The van der Waals surface area contributed by atoms with E-state index < -0.39 is 23.3 Å². The minimum absolute atomic E-state index is 0.0119. The van der Waals surface area contributed by atoms with Crippen molar-refractivity contribution in [1.29, 1.82) is 0 Å². The number of methoxy groups -OCH3 is 2. The number of rotatable bonds is 6. The molecule has 34 heavy (non-hydrogen) atoms. The molecule has 1 saturated heterocycles. The van der Waals surface area contributed by atoms with Crippen LogP contribution in [0.25, 0.3) is 5.65 Å². The van der Waals surface area contributed by atoms with Crippen LogP contribution in [0, 0.1) is 5.82 Å². The van der Waals surface area contributed by atoms with Gasteiger partial charge in [0.05, 0.1) is 20.4 Å². The van der Waals surface area contributed by atoms with Crippen LogP contribution in [0.5, 0.6) is 5.88 Å². The summed E-state index contributed by atoms with van der Waals surface area (Å²) in [6.07, 6.45) is 2.92. The molecule has 1 amide bonds. The van der Waals surface area contributed by atoms with Crippen molar-refractivity contribution in [2.45, 2.75) is 24.9 Å². The Balaban J connectivity index is 1.55. The van der Waals surface area contributed by atoms with Crippen LogP contribution < -0.4 is 4.74 Å². The molecule has 1 aromatic carbocycles. The van der Waals surface area contributed by atoms with E-state index >= 15 is 4.39 Å². The Bertz CT molecular complexity index is 1250. The van der Waals surface area contributed by atoms with Gasteiger partial charge in [0, 0.05) is 25.7 Å². The molecule has 0 N–H and O–H groups in total. The Labute approximate surface area is 193 Å². The molecule has 4 rings (SSSR count). The molecule has 0 saturated carbocycles. The topological polar surface area (TPSA) is 103 Å². The number of likely N-dealkylation sites (tertiary alicyclic amines) is 1. The van der Waals surface area contributed by atoms with Crippen molar-refractivity contribution in [2.24, 2.45) is 0 Å². The summed E-state index contributed by atoms with van der Waals surface area (Å²) >= 11 is 0. The summed E-state index contributed by atoms with van der Waals surface area (Å²) < 4.78 is 39.4. The van der Waals surface area contributed by atoms with Crippen molar-refractivity contribution >= 4 is 23.3 Å². The zero-order valence-corrected chi connectivity index (χ0v) is 18.6. The van der Waals surface area contributed by atoms with Crippen molar-refractivity contribution < 1.29 is 32.6 Å². The fourth-order valence-corrected chi connectivity index (χ4v) is 3.99. The molecule has 0 radical (unpaired) electrons. The highest BCUT2D eigenvalue weighted by Gasteiger charge is 2.37. The lowest BCUT2D eigenvalue weighted by Gasteiger charge is -2.36. The number of benzene rings is 1. The first kappa shape index (κ1) is 23.3. The second kappa shape index (κ2) is 9.16. The number of halogens is 2. The number of esters is 1. The number of piperidine rings is 1. The number of hydrogen-bond donors (Lipinski definition) is 0. The summed E-state index contributed by atoms with van der Waals surface area (Å²) in [5, 5.41) is 0. The summed E-state index contributed by atoms with van der Waals surface area (Å²) in [5.74, 6) is -3.18. The van der Waals surface area contributed by atoms with Gasteiger partial charge in [0.1, 0.15) is 17.0 Å². The van der Waals surface area contributed by atoms with E-state index in [2.05, 4.69) is 14.7 Å². The average Bonchev–Trinajstić information content (AvgIpc) is 3.26. The van der Waals surface area contributed by atoms with Gasteiger partial charge in [0.15, 0.2) is 11.5 Å². The number of alkyl halides is 1. The van der Waals surface area contributed by atoms with Crippen molar-refractivity contribution in [1.82, 2.24) is 19.3 Å². The van der Waals surface area contributed by atoms with Crippen molar-refractivity contribution in [2.75, 3.05) is 27.3 Å². The molecule has 0 atom stereocenters. The van der Waals surface area contributed by atoms with Crippen LogP contribution >= 0.6 is 0 Å². The minimum Gasteiger partial charge on any atom is -0.480 e. The van der Waals surface area contributed by atoms with E-state index in [0.717, 1.165) is 7.11 Å². The van der Waals surface area contributed by atoms with Crippen LogP contribution in [0.3, 0.4) is 0 Å². The summed E-state index contributed by atoms with van der Waals surface area (Å²) in [4.78, 5) is 46.8. The first-order valence-electron chi connectivity index (χ1n) is 10.5. The van der Waals surface area contributed by atoms with E-state index in [0.29, 0.717) is 5.56 Å². The molecule has 178 valence electrons. The maximum Gasteiger partial charge on any atom is 0.382 e. The van der Waals surface area contributed by atoms with Gasteiger partial charge >= 0.3 is 11.8 Å². The number of hydrogen-bond acceptors (Lipinski definition) is 7. The zero-order valence-electron chi connectivity index (χ0n) is 18.6. The monoisotopic (exact) mass is 472 g/mol. The van der Waals surface area contributed by atoms with E-state index in [9.17, 15) is 18.8 Å². The number of carbonyl (C=O) groups is 3. The highest BCUT2D eigenvalue weighted by molar-refractivity contribution is 6.39. The van der Waals surface area contributed by atoms with Crippen LogP contribution in [0.15, 0.2) is 36.7 Å². The van der Waals surface area contributed by atoms with Crippen molar-refractivity contribution in [3.63, 3.8) is 0 Å². The summed E-state index contributed by atoms with van der Waals surface area (Å²) in [7, 11) is 2.42. The summed E-state index contributed by atoms with van der Waals surface area (Å²) in [6, 6.07) is 5.70. The first-order chi connectivity index (χ1) is 16.2. The number of nitrogens with zero attached hydrogens (tertiary/aromatic N) is 4. The largest absolute Gasteiger partial charge is 0.480 e. The van der Waals surface area contributed by atoms with Gasteiger partial charge in [-0.25, -0.2) is 18.6 Å². The normalized spacial score (nSPS) is 15.2. The second-order valence-electron chi connectivity index (χ2n) is 8.04. The number of ether oxygens (including phenoxy) is 2. The smallest absolute Gasteiger partial charge is 0.382 e. The molecule has 1 fully saturated rings. The molecule has 2 aromatic heterocycles. The van der Waals surface area contributed by atoms with Crippen LogP contribution in [0.1, 0.15) is 39.4 Å². The molecular formula is C23H22F2N4O5. The summed E-state index contributed by atoms with van der Waals surface area (Å²) in [5.41, 5.74) is -0.605. The van der Waals surface area contributed by atoms with Gasteiger partial charge in [0.25, 0.3) is 5.91 Å². The Morgan fingerprint density at radius 1 is 1.12 bits per heavy atom. The van der Waals surface area contributed by atoms with Gasteiger partial charge in [-0.2, -0.15) is 4.98 Å². The molecule has 9 nitrogen and oxygen atoms in total. The van der Waals surface area contributed by atoms with E-state index in [1.54, 1.807) is 12.1 Å². The lowest BCUT2D eigenvalue weighted by molar-refractivity contribution is -0.135. The Kier molecular flexibility index (Phi) is 6.27. The highest BCUT2D eigenvalue weighted by atomic mass is 19.1. The number of amides is 1. The van der Waals surface area contributed by atoms with Crippen LogP contribution in [0.4, 0.5) is 8.78 Å². The number of carbonyl (C=O) groups excluding carboxylic acids is 3. The second-order valence-corrected chi connectivity index (χ2v) is 8.04. The van der Waals surface area contributed by atoms with Crippen molar-refractivity contribution in [3.05, 3.63) is 59.4 Å². The standard InChI is InChI=1S/C23H22F2N4O5/c1-33-20-16(13-29-17(27-20)12-26-19(29)18(30)22(32)34-2)21(31)28-9-7-23(25,8-10-28)11-14-3-5-15(24)6-4-14/h3-6,12-13H,7-11H2,1-2H3. The minimum atomic E-state index is -1.52. The molecule has 11 heteroatoms. The van der Waals surface area contributed by atoms with Gasteiger partial charge in [-0.3, -0.25) is 14.0 Å². The van der Waals surface area contributed by atoms with Gasteiger partial charge in [0.2, 0.25) is 5.88 Å². The molecular weight excluding hydrogens is 450 g/mol. The molecule has 0 bridgehead atoms. The van der Waals surface area contributed by atoms with E-state index in [4.69, 9.17) is 4.74 Å². The zero-order chi connectivity index (χ0) is 24.5. The third-order valence-electron chi connectivity index (χ3n) is 5.86. The fourth-order valence-electron chi connectivity index (χ4n) is 3.99. The number of ketones is 1. The third-order valence-corrected chi connectivity index (χ3v) is 5.86. The molecule has 3 aromatic rings. The number of Topliss-reactive ketones (excluding diaryl/α,β-unsaturated/α-hetero) is 1. The number of aromatic nitrogens is 3. The van der Waals surface area contributed by atoms with Crippen LogP contribution in [-0.2, 0) is 16.0 Å². The molecule has 1 aliphatic heterocycles. The Morgan fingerprint density at radius 3 is 2.41 bits per heavy atom. The highest BCUT2D eigenvalue weighted by Crippen LogP contribution is 2.32. The van der Waals surface area contributed by atoms with Gasteiger partial charge in [-0.15, -0.1) is 0 Å². The first-order valence-corrected chi connectivity index (χ1v) is 10.5. The summed E-state index contributed by atoms with van der Waals surface area (Å²) in [6.45, 7) is 0.297. The Hall–Kier alpha value is -3.89. The van der Waals surface area contributed by atoms with E-state index in [1.165, 1.54) is 40.9 Å². The van der Waals surface area contributed by atoms with Gasteiger partial charge in [-0.05, 0) is 30.5 Å². The van der Waals surface area contributed by atoms with Gasteiger partial charge in [-0.1, -0.05) is 12.1 Å². The third kappa shape index (κ3) is 4.45. The van der Waals surface area contributed by atoms with Gasteiger partial charge < -0.3 is 14.4 Å². The predicted octanol–water partition coefficient (Wildman–Crippen LogP) is 2.42. The van der Waals surface area contributed by atoms with Crippen LogP contribution in [0.2, 0.25) is 0 Å². The maximum atomic E-state index is 15.4. The molecule has 1 aliphatic rings. The maximum absolute atomic E-state index is 15.4. The molecule has 0 spiro atoms. The Morgan fingerprint density at radius 2 is 1.79 bits per heavy atom. The predicted molar refractivity (Wildman–Crippen MR) is 115 cm³/mol. The average molecular weight is 472 g/mol. The fraction of sp³-hybridized carbons (Fsp3) is 0.348. The van der Waals surface area contributed by atoms with E-state index in [1.807, 2.05) is 0 Å². The molecule has 0 unspecified atom stereocenters. The number of fused-ring (bicyclic) bond motifs is 1. The van der Waals surface area contributed by atoms with E-state index in [-0.39, 0.29) is 61.1 Å². The lowest BCUT2D eigenvalue weighted by Crippen LogP contribution is -2.45. The number of imidazole rings is 1. The lowest BCUT2D eigenvalue weighted by atomic mass is 9.87. The quantitative estimate of drug-likeness (QED) is 0.308. The van der Waals surface area contributed by atoms with Crippen LogP contribution in [-0.4, -0.2) is 69.9 Å². The molecule has 0 aliphatic carbocycles.